The van der Waals surface area contributed by atoms with Crippen molar-refractivity contribution in [3.63, 3.8) is 0 Å². The quantitative estimate of drug-likeness (QED) is 0.660. The molecule has 0 saturated carbocycles. The van der Waals surface area contributed by atoms with Crippen molar-refractivity contribution in [2.75, 3.05) is 19.8 Å². The number of nitrogens with one attached hydrogen (secondary N) is 1. The van der Waals surface area contributed by atoms with E-state index >= 15 is 0 Å². The number of aromatic nitrogens is 3. The standard InChI is InChI=1S/C14H28N4O/c1-12(2)9-18-14(16-11-17-18)8-15-6-5-7-19-10-13(3)4/h11-13,15H,5-10H2,1-4H3. The molecule has 0 aliphatic carbocycles. The summed E-state index contributed by atoms with van der Waals surface area (Å²) >= 11 is 0. The number of rotatable bonds is 10. The molecule has 0 aliphatic rings. The molecular weight excluding hydrogens is 240 g/mol. The van der Waals surface area contributed by atoms with E-state index in [1.807, 2.05) is 4.68 Å². The van der Waals surface area contributed by atoms with Crippen molar-refractivity contribution in [2.45, 2.75) is 47.2 Å². The van der Waals surface area contributed by atoms with Crippen LogP contribution < -0.4 is 5.32 Å². The maximum atomic E-state index is 5.54. The van der Waals surface area contributed by atoms with Crippen LogP contribution >= 0.6 is 0 Å². The highest BCUT2D eigenvalue weighted by atomic mass is 16.5. The van der Waals surface area contributed by atoms with Gasteiger partial charge < -0.3 is 10.1 Å². The van der Waals surface area contributed by atoms with Crippen molar-refractivity contribution >= 4 is 0 Å². The van der Waals surface area contributed by atoms with E-state index in [-0.39, 0.29) is 0 Å². The van der Waals surface area contributed by atoms with Gasteiger partial charge in [-0.3, -0.25) is 0 Å². The van der Waals surface area contributed by atoms with Crippen LogP contribution in [0.1, 0.15) is 39.9 Å². The lowest BCUT2D eigenvalue weighted by atomic mass is 10.2. The second kappa shape index (κ2) is 9.04. The number of nitrogens with zero attached hydrogens (tertiary/aromatic N) is 3. The highest BCUT2D eigenvalue weighted by molar-refractivity contribution is 4.83. The Morgan fingerprint density at radius 2 is 2.05 bits per heavy atom. The zero-order chi connectivity index (χ0) is 14.1. The van der Waals surface area contributed by atoms with Gasteiger partial charge in [-0.15, -0.1) is 0 Å². The molecule has 110 valence electrons. The molecule has 0 amide bonds. The highest BCUT2D eigenvalue weighted by Crippen LogP contribution is 2.00. The summed E-state index contributed by atoms with van der Waals surface area (Å²) in [5.41, 5.74) is 0. The zero-order valence-electron chi connectivity index (χ0n) is 12.7. The Labute approximate surface area is 116 Å². The molecular formula is C14H28N4O. The Kier molecular flexibility index (Phi) is 7.67. The molecule has 1 heterocycles. The minimum absolute atomic E-state index is 0.588. The molecule has 1 aromatic rings. The predicted octanol–water partition coefficient (Wildman–Crippen LogP) is 2.09. The van der Waals surface area contributed by atoms with Gasteiger partial charge in [0.1, 0.15) is 12.2 Å². The Bertz CT molecular complexity index is 336. The van der Waals surface area contributed by atoms with Gasteiger partial charge in [-0.05, 0) is 24.8 Å². The van der Waals surface area contributed by atoms with Crippen LogP contribution in [0.2, 0.25) is 0 Å². The fraction of sp³-hybridized carbons (Fsp3) is 0.857. The van der Waals surface area contributed by atoms with Crippen LogP contribution in [0.3, 0.4) is 0 Å². The van der Waals surface area contributed by atoms with E-state index < -0.39 is 0 Å². The summed E-state index contributed by atoms with van der Waals surface area (Å²) in [4.78, 5) is 4.28. The summed E-state index contributed by atoms with van der Waals surface area (Å²) < 4.78 is 7.51. The van der Waals surface area contributed by atoms with Crippen molar-refractivity contribution in [1.82, 2.24) is 20.1 Å². The normalized spacial score (nSPS) is 11.7. The van der Waals surface area contributed by atoms with E-state index in [0.29, 0.717) is 11.8 Å². The van der Waals surface area contributed by atoms with Gasteiger partial charge in [0.2, 0.25) is 0 Å². The van der Waals surface area contributed by atoms with Crippen molar-refractivity contribution in [3.05, 3.63) is 12.2 Å². The van der Waals surface area contributed by atoms with E-state index in [4.69, 9.17) is 4.74 Å². The summed E-state index contributed by atoms with van der Waals surface area (Å²) in [6, 6.07) is 0. The van der Waals surface area contributed by atoms with Crippen LogP contribution in [-0.4, -0.2) is 34.5 Å². The van der Waals surface area contributed by atoms with Gasteiger partial charge in [0.05, 0.1) is 6.54 Å². The first-order valence-electron chi connectivity index (χ1n) is 7.24. The van der Waals surface area contributed by atoms with Crippen LogP contribution in [0.15, 0.2) is 6.33 Å². The van der Waals surface area contributed by atoms with E-state index in [1.54, 1.807) is 6.33 Å². The number of hydrogen-bond acceptors (Lipinski definition) is 4. The monoisotopic (exact) mass is 268 g/mol. The largest absolute Gasteiger partial charge is 0.381 e. The van der Waals surface area contributed by atoms with Gasteiger partial charge in [-0.1, -0.05) is 27.7 Å². The molecule has 19 heavy (non-hydrogen) atoms. The molecule has 0 spiro atoms. The van der Waals surface area contributed by atoms with Crippen molar-refractivity contribution in [3.8, 4) is 0 Å². The lowest BCUT2D eigenvalue weighted by Gasteiger charge is -2.10. The first-order valence-corrected chi connectivity index (χ1v) is 7.24. The molecule has 0 bridgehead atoms. The molecule has 5 nitrogen and oxygen atoms in total. The third-order valence-electron chi connectivity index (χ3n) is 2.61. The molecule has 0 radical (unpaired) electrons. The lowest BCUT2D eigenvalue weighted by Crippen LogP contribution is -2.21. The van der Waals surface area contributed by atoms with Gasteiger partial charge in [0.15, 0.2) is 0 Å². The molecule has 1 aromatic heterocycles. The Hall–Kier alpha value is -0.940. The molecule has 0 aromatic carbocycles. The molecule has 0 aliphatic heterocycles. The summed E-state index contributed by atoms with van der Waals surface area (Å²) in [6.45, 7) is 13.0. The van der Waals surface area contributed by atoms with Crippen LogP contribution in [0.4, 0.5) is 0 Å². The molecule has 0 fully saturated rings. The summed E-state index contributed by atoms with van der Waals surface area (Å²) in [7, 11) is 0. The van der Waals surface area contributed by atoms with Crippen molar-refractivity contribution < 1.29 is 4.74 Å². The number of ether oxygens (including phenoxy) is 1. The third kappa shape index (κ3) is 7.28. The fourth-order valence-corrected chi connectivity index (χ4v) is 1.74. The van der Waals surface area contributed by atoms with Gasteiger partial charge in [-0.25, -0.2) is 9.67 Å². The van der Waals surface area contributed by atoms with Crippen molar-refractivity contribution in [1.29, 1.82) is 0 Å². The highest BCUT2D eigenvalue weighted by Gasteiger charge is 2.05. The van der Waals surface area contributed by atoms with E-state index in [1.165, 1.54) is 0 Å². The second-order valence-corrected chi connectivity index (χ2v) is 5.75. The van der Waals surface area contributed by atoms with E-state index in [9.17, 15) is 0 Å². The van der Waals surface area contributed by atoms with E-state index in [2.05, 4.69) is 43.1 Å². The molecule has 1 N–H and O–H groups in total. The second-order valence-electron chi connectivity index (χ2n) is 5.75. The number of hydrogen-bond donors (Lipinski definition) is 1. The lowest BCUT2D eigenvalue weighted by molar-refractivity contribution is 0.108. The maximum Gasteiger partial charge on any atom is 0.140 e. The first-order chi connectivity index (χ1) is 9.09. The Balaban J connectivity index is 2.11. The molecule has 1 rings (SSSR count). The SMILES string of the molecule is CC(C)COCCCNCc1ncnn1CC(C)C. The van der Waals surface area contributed by atoms with Crippen molar-refractivity contribution in [2.24, 2.45) is 11.8 Å². The minimum atomic E-state index is 0.588. The van der Waals surface area contributed by atoms with Gasteiger partial charge >= 0.3 is 0 Å². The van der Waals surface area contributed by atoms with Crippen LogP contribution in [0.25, 0.3) is 0 Å². The molecule has 5 heteroatoms. The Morgan fingerprint density at radius 1 is 1.26 bits per heavy atom. The summed E-state index contributed by atoms with van der Waals surface area (Å²) in [6.07, 6.45) is 2.66. The first kappa shape index (κ1) is 16.1. The average molecular weight is 268 g/mol. The van der Waals surface area contributed by atoms with E-state index in [0.717, 1.165) is 45.1 Å². The van der Waals surface area contributed by atoms with Gasteiger partial charge in [0.25, 0.3) is 0 Å². The molecule has 0 unspecified atom stereocenters. The van der Waals surface area contributed by atoms with Gasteiger partial charge in [-0.2, -0.15) is 5.10 Å². The summed E-state index contributed by atoms with van der Waals surface area (Å²) in [5.74, 6) is 2.21. The Morgan fingerprint density at radius 3 is 2.74 bits per heavy atom. The van der Waals surface area contributed by atoms with Crippen LogP contribution in [0, 0.1) is 11.8 Å². The molecule has 0 saturated heterocycles. The maximum absolute atomic E-state index is 5.54. The average Bonchev–Trinajstić information content (AvgIpc) is 2.74. The fourth-order valence-electron chi connectivity index (χ4n) is 1.74. The van der Waals surface area contributed by atoms with Crippen LogP contribution in [-0.2, 0) is 17.8 Å². The third-order valence-corrected chi connectivity index (χ3v) is 2.61. The summed E-state index contributed by atoms with van der Waals surface area (Å²) in [5, 5.41) is 7.63. The topological polar surface area (TPSA) is 52.0 Å². The smallest absolute Gasteiger partial charge is 0.140 e. The predicted molar refractivity (Wildman–Crippen MR) is 76.8 cm³/mol. The minimum Gasteiger partial charge on any atom is -0.381 e. The zero-order valence-corrected chi connectivity index (χ0v) is 12.7. The molecule has 0 atom stereocenters. The van der Waals surface area contributed by atoms with Gasteiger partial charge in [0, 0.05) is 19.8 Å². The van der Waals surface area contributed by atoms with Crippen LogP contribution in [0.5, 0.6) is 0 Å².